The summed E-state index contributed by atoms with van der Waals surface area (Å²) < 4.78 is 0. The normalized spacial score (nSPS) is 31.7. The second kappa shape index (κ2) is 21.5. The molecule has 0 spiro atoms. The van der Waals surface area contributed by atoms with Crippen LogP contribution in [0.15, 0.2) is 19.6 Å². The Labute approximate surface area is 374 Å². The zero-order valence-electron chi connectivity index (χ0n) is 35.6. The maximum absolute atomic E-state index is 15.3. The summed E-state index contributed by atoms with van der Waals surface area (Å²) in [6.07, 6.45) is 16.1. The van der Waals surface area contributed by atoms with Gasteiger partial charge in [0.15, 0.2) is 0 Å². The molecule has 4 aliphatic heterocycles. The molecule has 4 amide bonds. The van der Waals surface area contributed by atoms with Gasteiger partial charge in [-0.15, -0.1) is 47.0 Å². The van der Waals surface area contributed by atoms with E-state index in [9.17, 15) is 21.0 Å². The molecule has 0 aromatic carbocycles. The molecule has 10 atom stereocenters. The molecule has 10 unspecified atom stereocenters. The number of allylic oxidation sites excluding steroid dienone is 4. The minimum absolute atomic E-state index is 0.112. The van der Waals surface area contributed by atoms with Crippen LogP contribution < -0.4 is 0 Å². The molecule has 2 aliphatic carbocycles. The van der Waals surface area contributed by atoms with Crippen LogP contribution in [0.4, 0.5) is 0 Å². The first-order valence-corrected chi connectivity index (χ1v) is 26.1. The Balaban J connectivity index is 1.48. The zero-order valence-corrected chi connectivity index (χ0v) is 38.9. The molecule has 10 nitrogen and oxygen atoms in total. The summed E-state index contributed by atoms with van der Waals surface area (Å²) in [5.41, 5.74) is 0. The third kappa shape index (κ3) is 9.11. The van der Waals surface area contributed by atoms with Crippen molar-refractivity contribution in [2.24, 2.45) is 47.3 Å². The first kappa shape index (κ1) is 46.6. The number of nitrogens with zero attached hydrogens (tertiary/aromatic N) is 6. The number of imide groups is 2. The van der Waals surface area contributed by atoms with Gasteiger partial charge in [-0.1, -0.05) is 105 Å². The number of nitriles is 4. The molecule has 322 valence electrons. The van der Waals surface area contributed by atoms with Crippen molar-refractivity contribution in [1.29, 1.82) is 21.0 Å². The number of unbranched alkanes of at least 4 members (excludes halogenated alkanes) is 8. The summed E-state index contributed by atoms with van der Waals surface area (Å²) >= 11 is 4.81. The van der Waals surface area contributed by atoms with Gasteiger partial charge in [0.2, 0.25) is 23.6 Å². The highest BCUT2D eigenvalue weighted by molar-refractivity contribution is 8.11. The van der Waals surface area contributed by atoms with Gasteiger partial charge in [0.1, 0.15) is 43.9 Å². The summed E-state index contributed by atoms with van der Waals surface area (Å²) in [4.78, 5) is 65.2. The third-order valence-electron chi connectivity index (χ3n) is 14.0. The molecule has 4 fully saturated rings. The first-order chi connectivity index (χ1) is 29.1. The number of hydrogen-bond acceptors (Lipinski definition) is 12. The van der Waals surface area contributed by atoms with Crippen LogP contribution in [0.1, 0.15) is 130 Å². The maximum Gasteiger partial charge on any atom is 0.233 e. The molecule has 0 radical (unpaired) electrons. The maximum atomic E-state index is 15.3. The lowest BCUT2D eigenvalue weighted by Gasteiger charge is -2.64. The van der Waals surface area contributed by atoms with Crippen molar-refractivity contribution in [2.75, 3.05) is 13.1 Å². The molecule has 2 saturated carbocycles. The lowest BCUT2D eigenvalue weighted by molar-refractivity contribution is -0.184. The van der Waals surface area contributed by atoms with Crippen molar-refractivity contribution in [2.45, 2.75) is 151 Å². The molecule has 2 saturated heterocycles. The minimum atomic E-state index is -0.782. The molecule has 4 heterocycles. The van der Waals surface area contributed by atoms with Gasteiger partial charge in [-0.3, -0.25) is 29.0 Å². The van der Waals surface area contributed by atoms with Crippen LogP contribution in [0.2, 0.25) is 0 Å². The molecule has 6 rings (SSSR count). The molecule has 0 aromatic rings. The fourth-order valence-corrected chi connectivity index (χ4v) is 17.3. The lowest BCUT2D eigenvalue weighted by Crippen LogP contribution is -2.76. The van der Waals surface area contributed by atoms with E-state index in [1.54, 1.807) is 0 Å². The van der Waals surface area contributed by atoms with Crippen LogP contribution in [0.3, 0.4) is 0 Å². The molecule has 0 bridgehead atoms. The molecule has 60 heavy (non-hydrogen) atoms. The highest BCUT2D eigenvalue weighted by atomic mass is 32.2. The van der Waals surface area contributed by atoms with Crippen molar-refractivity contribution < 1.29 is 19.2 Å². The third-order valence-corrected chi connectivity index (χ3v) is 20.1. The fraction of sp³-hybridized carbons (Fsp3) is 0.739. The monoisotopic (exact) mass is 888 g/mol. The zero-order chi connectivity index (χ0) is 43.1. The van der Waals surface area contributed by atoms with E-state index in [1.807, 2.05) is 0 Å². The van der Waals surface area contributed by atoms with E-state index in [0.29, 0.717) is 0 Å². The van der Waals surface area contributed by atoms with Crippen LogP contribution in [-0.4, -0.2) is 67.5 Å². The fourth-order valence-electron chi connectivity index (χ4n) is 11.1. The van der Waals surface area contributed by atoms with Crippen LogP contribution in [0, 0.1) is 92.7 Å². The Bertz CT molecular complexity index is 1650. The van der Waals surface area contributed by atoms with E-state index in [0.717, 1.165) is 103 Å². The predicted molar refractivity (Wildman–Crippen MR) is 240 cm³/mol. The van der Waals surface area contributed by atoms with E-state index in [1.165, 1.54) is 56.8 Å². The van der Waals surface area contributed by atoms with Gasteiger partial charge < -0.3 is 0 Å². The summed E-state index contributed by atoms with van der Waals surface area (Å²) in [5.74, 6) is -5.46. The van der Waals surface area contributed by atoms with Crippen LogP contribution in [0.25, 0.3) is 0 Å². The Kier molecular flexibility index (Phi) is 16.7. The highest BCUT2D eigenvalue weighted by Crippen LogP contribution is 2.68. The summed E-state index contributed by atoms with van der Waals surface area (Å²) in [7, 11) is 0. The van der Waals surface area contributed by atoms with Crippen molar-refractivity contribution in [3.05, 3.63) is 19.6 Å². The van der Waals surface area contributed by atoms with Crippen molar-refractivity contribution >= 4 is 70.7 Å². The number of fused-ring (bicyclic) bond motifs is 6. The second-order valence-electron chi connectivity index (χ2n) is 17.6. The van der Waals surface area contributed by atoms with E-state index in [4.69, 9.17) is 0 Å². The molecule has 0 aromatic heterocycles. The number of piperidine rings is 2. The van der Waals surface area contributed by atoms with Crippen molar-refractivity contribution in [3.8, 4) is 24.3 Å². The standard InChI is InChI=1S/C46H60N6O4S4/c1-5-9-13-15-19-27(17-11-7-3)25-51-43(53)35-33-34-37(41-39(35)57-29(21-47)31(23-49)59-41)45(55)52(26-28(18-12-8-4)20-16-14-10-6-2)46(56)38(34)42-40(36(33)44(51)54)58-30(22-48)32(24-50)60-42/h27-28,33-42H,5-20,25-26H2,1-4H3. The average molecular weight is 889 g/mol. The van der Waals surface area contributed by atoms with E-state index in [-0.39, 0.29) is 68.2 Å². The SMILES string of the molecule is CCCCCCC(CCCC)CN1C(=O)C2C3SC(C#N)=C(C#N)SC3C3C(=O)N(CC(CCCC)CCCCCC)C(=O)C4C5SC(C#N)=C(C#N)SC5C(C1=O)C2C34. The molecule has 0 N–H and O–H groups in total. The Hall–Kier alpha value is -2.88. The van der Waals surface area contributed by atoms with E-state index < -0.39 is 56.5 Å². The molecular formula is C46H60N6O4S4. The number of hydrogen-bond donors (Lipinski definition) is 0. The smallest absolute Gasteiger partial charge is 0.233 e. The average Bonchev–Trinajstić information content (AvgIpc) is 3.26. The Morgan fingerprint density at radius 1 is 0.433 bits per heavy atom. The molecule has 14 heteroatoms. The topological polar surface area (TPSA) is 170 Å². The summed E-state index contributed by atoms with van der Waals surface area (Å²) in [6.45, 7) is 9.19. The summed E-state index contributed by atoms with van der Waals surface area (Å²) in [5, 5.41) is 39.0. The van der Waals surface area contributed by atoms with Gasteiger partial charge in [-0.2, -0.15) is 21.0 Å². The van der Waals surface area contributed by atoms with Gasteiger partial charge in [-0.25, -0.2) is 0 Å². The summed E-state index contributed by atoms with van der Waals surface area (Å²) in [6, 6.07) is 8.85. The van der Waals surface area contributed by atoms with Gasteiger partial charge >= 0.3 is 0 Å². The number of thioether (sulfide) groups is 4. The largest absolute Gasteiger partial charge is 0.282 e. The predicted octanol–water partition coefficient (Wildman–Crippen LogP) is 9.95. The number of likely N-dealkylation sites (tertiary alicyclic amines) is 2. The Morgan fingerprint density at radius 3 is 0.950 bits per heavy atom. The minimum Gasteiger partial charge on any atom is -0.282 e. The van der Waals surface area contributed by atoms with Crippen molar-refractivity contribution in [1.82, 2.24) is 9.80 Å². The number of carbonyl (C=O) groups is 4. The molecule has 6 aliphatic rings. The van der Waals surface area contributed by atoms with Crippen LogP contribution in [-0.2, 0) is 19.2 Å². The van der Waals surface area contributed by atoms with Gasteiger partial charge in [0.05, 0.1) is 23.7 Å². The number of carbonyl (C=O) groups excluding carboxylic acids is 4. The van der Waals surface area contributed by atoms with Gasteiger partial charge in [0.25, 0.3) is 0 Å². The first-order valence-electron chi connectivity index (χ1n) is 22.6. The highest BCUT2D eigenvalue weighted by Gasteiger charge is 2.73. The van der Waals surface area contributed by atoms with Crippen molar-refractivity contribution in [3.63, 3.8) is 0 Å². The van der Waals surface area contributed by atoms with Crippen LogP contribution >= 0.6 is 47.0 Å². The van der Waals surface area contributed by atoms with Gasteiger partial charge in [-0.05, 0) is 49.4 Å². The second-order valence-corrected chi connectivity index (χ2v) is 22.4. The van der Waals surface area contributed by atoms with E-state index >= 15 is 19.2 Å². The molecular weight excluding hydrogens is 829 g/mol. The lowest BCUT2D eigenvalue weighted by atomic mass is 9.50. The van der Waals surface area contributed by atoms with Crippen LogP contribution in [0.5, 0.6) is 0 Å². The number of rotatable bonds is 20. The van der Waals surface area contributed by atoms with Gasteiger partial charge in [0, 0.05) is 34.1 Å². The Morgan fingerprint density at radius 2 is 0.700 bits per heavy atom. The quantitative estimate of drug-likeness (QED) is 0.0839. The number of amides is 4. The van der Waals surface area contributed by atoms with E-state index in [2.05, 4.69) is 52.0 Å².